The van der Waals surface area contributed by atoms with E-state index in [0.29, 0.717) is 55.6 Å². The Balaban J connectivity index is 1.51. The Morgan fingerprint density at radius 1 is 1.11 bits per heavy atom. The van der Waals surface area contributed by atoms with Crippen molar-refractivity contribution in [2.75, 3.05) is 43.1 Å². The van der Waals surface area contributed by atoms with Gasteiger partial charge in [0.05, 0.1) is 36.4 Å². The number of carbonyl (C=O) groups is 2. The molecule has 190 valence electrons. The normalized spacial score (nSPS) is 14.0. The van der Waals surface area contributed by atoms with Gasteiger partial charge in [-0.05, 0) is 36.6 Å². The summed E-state index contributed by atoms with van der Waals surface area (Å²) in [4.78, 5) is 31.7. The third-order valence-electron chi connectivity index (χ3n) is 5.59. The lowest BCUT2D eigenvalue weighted by Crippen LogP contribution is -2.36. The number of morpholine rings is 1. The molecular formula is C25H30FN7O3. The van der Waals surface area contributed by atoms with Gasteiger partial charge in [-0.25, -0.2) is 9.07 Å². The first-order valence-electron chi connectivity index (χ1n) is 11.7. The van der Waals surface area contributed by atoms with Crippen LogP contribution in [0.1, 0.15) is 47.3 Å². The van der Waals surface area contributed by atoms with Crippen LogP contribution in [0.15, 0.2) is 36.7 Å². The molecule has 1 saturated heterocycles. The van der Waals surface area contributed by atoms with Gasteiger partial charge in [0.2, 0.25) is 0 Å². The van der Waals surface area contributed by atoms with Crippen LogP contribution in [0.2, 0.25) is 0 Å². The van der Waals surface area contributed by atoms with Crippen LogP contribution >= 0.6 is 0 Å². The first kappa shape index (κ1) is 25.2. The van der Waals surface area contributed by atoms with E-state index in [0.717, 1.165) is 0 Å². The SMILES string of the molecule is Cc1ncc(C(=O)Nc2cc(F)cc(N3CCOCC3)c2)cc1-n1cc(C(=O)NCC(C)(C)C)nn1. The Morgan fingerprint density at radius 2 is 1.86 bits per heavy atom. The maximum absolute atomic E-state index is 14.3. The number of nitrogens with zero attached hydrogens (tertiary/aromatic N) is 5. The summed E-state index contributed by atoms with van der Waals surface area (Å²) >= 11 is 0. The van der Waals surface area contributed by atoms with Crippen molar-refractivity contribution < 1.29 is 18.7 Å². The Labute approximate surface area is 208 Å². The van der Waals surface area contributed by atoms with Gasteiger partial charge >= 0.3 is 0 Å². The second kappa shape index (κ2) is 10.4. The predicted molar refractivity (Wildman–Crippen MR) is 133 cm³/mol. The van der Waals surface area contributed by atoms with E-state index in [9.17, 15) is 14.0 Å². The number of carbonyl (C=O) groups excluding carboxylic acids is 2. The van der Waals surface area contributed by atoms with Crippen LogP contribution in [0.3, 0.4) is 0 Å². The van der Waals surface area contributed by atoms with Crippen molar-refractivity contribution in [2.45, 2.75) is 27.7 Å². The molecule has 0 aliphatic carbocycles. The zero-order chi connectivity index (χ0) is 25.9. The van der Waals surface area contributed by atoms with Crippen molar-refractivity contribution in [1.29, 1.82) is 0 Å². The Bertz CT molecular complexity index is 1260. The van der Waals surface area contributed by atoms with Crippen LogP contribution in [0.4, 0.5) is 15.8 Å². The van der Waals surface area contributed by atoms with E-state index in [-0.39, 0.29) is 22.6 Å². The van der Waals surface area contributed by atoms with Crippen LogP contribution in [0.25, 0.3) is 5.69 Å². The molecule has 2 amide bonds. The fourth-order valence-electron chi connectivity index (χ4n) is 3.65. The van der Waals surface area contributed by atoms with Crippen molar-refractivity contribution in [3.05, 3.63) is 59.4 Å². The van der Waals surface area contributed by atoms with Crippen LogP contribution in [0, 0.1) is 18.2 Å². The van der Waals surface area contributed by atoms with Gasteiger partial charge in [0, 0.05) is 37.2 Å². The van der Waals surface area contributed by atoms with Crippen molar-refractivity contribution >= 4 is 23.2 Å². The molecule has 0 unspecified atom stereocenters. The molecule has 1 aromatic carbocycles. The summed E-state index contributed by atoms with van der Waals surface area (Å²) in [6.45, 7) is 10.7. The van der Waals surface area contributed by atoms with Gasteiger partial charge in [0.25, 0.3) is 11.8 Å². The second-order valence-electron chi connectivity index (χ2n) is 9.87. The molecule has 1 aliphatic heterocycles. The van der Waals surface area contributed by atoms with E-state index in [1.807, 2.05) is 25.7 Å². The summed E-state index contributed by atoms with van der Waals surface area (Å²) in [7, 11) is 0. The largest absolute Gasteiger partial charge is 0.378 e. The number of amides is 2. The zero-order valence-corrected chi connectivity index (χ0v) is 20.8. The molecule has 0 spiro atoms. The van der Waals surface area contributed by atoms with E-state index in [1.54, 1.807) is 19.1 Å². The Morgan fingerprint density at radius 3 is 2.58 bits per heavy atom. The highest BCUT2D eigenvalue weighted by molar-refractivity contribution is 6.04. The number of halogens is 1. The van der Waals surface area contributed by atoms with Gasteiger partial charge in [0.1, 0.15) is 5.82 Å². The fraction of sp³-hybridized carbons (Fsp3) is 0.400. The minimum atomic E-state index is -0.453. The highest BCUT2D eigenvalue weighted by Gasteiger charge is 2.18. The van der Waals surface area contributed by atoms with E-state index in [4.69, 9.17) is 4.74 Å². The molecule has 1 fully saturated rings. The van der Waals surface area contributed by atoms with Gasteiger partial charge in [-0.2, -0.15) is 0 Å². The number of ether oxygens (including phenoxy) is 1. The lowest BCUT2D eigenvalue weighted by atomic mass is 9.97. The number of hydrogen-bond acceptors (Lipinski definition) is 7. The number of anilines is 2. The van der Waals surface area contributed by atoms with Crippen LogP contribution in [0.5, 0.6) is 0 Å². The fourth-order valence-corrected chi connectivity index (χ4v) is 3.65. The molecule has 3 heterocycles. The monoisotopic (exact) mass is 495 g/mol. The first-order valence-corrected chi connectivity index (χ1v) is 11.7. The maximum Gasteiger partial charge on any atom is 0.273 e. The summed E-state index contributed by atoms with van der Waals surface area (Å²) in [6.07, 6.45) is 2.93. The highest BCUT2D eigenvalue weighted by atomic mass is 19.1. The quantitative estimate of drug-likeness (QED) is 0.540. The lowest BCUT2D eigenvalue weighted by molar-refractivity contribution is 0.0933. The number of benzene rings is 1. The van der Waals surface area contributed by atoms with Crippen LogP contribution in [-0.2, 0) is 4.74 Å². The number of pyridine rings is 1. The summed E-state index contributed by atoms with van der Waals surface area (Å²) in [5.74, 6) is -1.24. The highest BCUT2D eigenvalue weighted by Crippen LogP contribution is 2.24. The Kier molecular flexibility index (Phi) is 7.30. The molecular weight excluding hydrogens is 465 g/mol. The maximum atomic E-state index is 14.3. The number of hydrogen-bond donors (Lipinski definition) is 2. The molecule has 2 N–H and O–H groups in total. The summed E-state index contributed by atoms with van der Waals surface area (Å²) in [6, 6.07) is 6.04. The lowest BCUT2D eigenvalue weighted by Gasteiger charge is -2.29. The molecule has 10 nitrogen and oxygen atoms in total. The zero-order valence-electron chi connectivity index (χ0n) is 20.8. The molecule has 11 heteroatoms. The van der Waals surface area contributed by atoms with Gasteiger partial charge in [-0.15, -0.1) is 5.10 Å². The van der Waals surface area contributed by atoms with Gasteiger partial charge in [-0.3, -0.25) is 14.6 Å². The topological polar surface area (TPSA) is 114 Å². The van der Waals surface area contributed by atoms with Crippen molar-refractivity contribution in [2.24, 2.45) is 5.41 Å². The molecule has 36 heavy (non-hydrogen) atoms. The van der Waals surface area contributed by atoms with Crippen molar-refractivity contribution in [3.8, 4) is 5.69 Å². The standard InChI is InChI=1S/C25H30FN7O3/c1-16-22(33-14-21(30-31-33)24(35)28-15-25(2,3)4)9-17(13-27-16)23(34)29-19-10-18(26)11-20(12-19)32-5-7-36-8-6-32/h9-14H,5-8,15H2,1-4H3,(H,28,35)(H,29,34). The minimum absolute atomic E-state index is 0.0710. The van der Waals surface area contributed by atoms with Gasteiger partial charge in [0.15, 0.2) is 5.69 Å². The number of rotatable bonds is 6. The average Bonchev–Trinajstić information content (AvgIpc) is 3.33. The first-order chi connectivity index (χ1) is 17.1. The van der Waals surface area contributed by atoms with E-state index in [2.05, 4.69) is 25.9 Å². The van der Waals surface area contributed by atoms with E-state index >= 15 is 0 Å². The molecule has 4 rings (SSSR count). The molecule has 3 aromatic rings. The van der Waals surface area contributed by atoms with Gasteiger partial charge in [-0.1, -0.05) is 26.0 Å². The second-order valence-corrected chi connectivity index (χ2v) is 9.87. The smallest absolute Gasteiger partial charge is 0.273 e. The number of aromatic nitrogens is 4. The third kappa shape index (κ3) is 6.22. The summed E-state index contributed by atoms with van der Waals surface area (Å²) in [5.41, 5.74) is 2.44. The number of nitrogens with one attached hydrogen (secondary N) is 2. The van der Waals surface area contributed by atoms with Crippen LogP contribution in [-0.4, -0.2) is 64.6 Å². The molecule has 2 aromatic heterocycles. The summed E-state index contributed by atoms with van der Waals surface area (Å²) < 4.78 is 21.1. The average molecular weight is 496 g/mol. The molecule has 1 aliphatic rings. The van der Waals surface area contributed by atoms with E-state index < -0.39 is 11.7 Å². The van der Waals surface area contributed by atoms with E-state index in [1.165, 1.54) is 29.2 Å². The predicted octanol–water partition coefficient (Wildman–Crippen LogP) is 2.97. The minimum Gasteiger partial charge on any atom is -0.378 e. The van der Waals surface area contributed by atoms with Crippen molar-refractivity contribution in [1.82, 2.24) is 25.3 Å². The summed E-state index contributed by atoms with van der Waals surface area (Å²) in [5, 5.41) is 13.6. The molecule has 0 radical (unpaired) electrons. The molecule has 0 saturated carbocycles. The third-order valence-corrected chi connectivity index (χ3v) is 5.59. The van der Waals surface area contributed by atoms with Crippen molar-refractivity contribution in [3.63, 3.8) is 0 Å². The van der Waals surface area contributed by atoms with Crippen LogP contribution < -0.4 is 15.5 Å². The molecule has 0 bridgehead atoms. The Hall–Kier alpha value is -3.86. The van der Waals surface area contributed by atoms with Gasteiger partial charge < -0.3 is 20.3 Å². The number of aryl methyl sites for hydroxylation is 1. The molecule has 0 atom stereocenters.